The molecule has 0 fully saturated rings. The van der Waals surface area contributed by atoms with E-state index in [1.807, 2.05) is 0 Å². The molecule has 0 bridgehead atoms. The normalized spacial score (nSPS) is 12.5. The molecule has 8 heteroatoms. The van der Waals surface area contributed by atoms with E-state index in [1.165, 1.54) is 19.1 Å². The molecular weight excluding hydrogens is 378 g/mol. The lowest BCUT2D eigenvalue weighted by Crippen LogP contribution is -2.31. The van der Waals surface area contributed by atoms with E-state index < -0.39 is 16.1 Å². The van der Waals surface area contributed by atoms with Crippen molar-refractivity contribution in [3.63, 3.8) is 0 Å². The Bertz CT molecular complexity index is 1110. The molecule has 1 aromatic heterocycles. The molecule has 146 valence electrons. The molecule has 1 N–H and O–H groups in total. The van der Waals surface area contributed by atoms with Crippen LogP contribution in [0.25, 0.3) is 0 Å². The molecule has 0 spiro atoms. The number of hydrogen-bond acceptors (Lipinski definition) is 5. The predicted octanol–water partition coefficient (Wildman–Crippen LogP) is 2.70. The third-order valence-corrected chi connectivity index (χ3v) is 5.79. The first kappa shape index (κ1) is 19.8. The zero-order chi connectivity index (χ0) is 20.3. The van der Waals surface area contributed by atoms with Crippen molar-refractivity contribution in [3.05, 3.63) is 77.9 Å². The average molecular weight is 399 g/mol. The van der Waals surface area contributed by atoms with Crippen molar-refractivity contribution in [3.8, 4) is 5.75 Å². The number of nitrogens with zero attached hydrogens (tertiary/aromatic N) is 2. The minimum Gasteiger partial charge on any atom is -0.497 e. The summed E-state index contributed by atoms with van der Waals surface area (Å²) < 4.78 is 35.8. The van der Waals surface area contributed by atoms with Gasteiger partial charge in [0.25, 0.3) is 0 Å². The van der Waals surface area contributed by atoms with Gasteiger partial charge in [0.2, 0.25) is 10.0 Å². The van der Waals surface area contributed by atoms with Crippen molar-refractivity contribution < 1.29 is 17.9 Å². The van der Waals surface area contributed by atoms with Crippen LogP contribution in [0.15, 0.2) is 65.8 Å². The van der Waals surface area contributed by atoms with Crippen LogP contribution < -0.4 is 9.46 Å². The molecule has 0 saturated carbocycles. The summed E-state index contributed by atoms with van der Waals surface area (Å²) in [6.45, 7) is 1.39. The highest BCUT2D eigenvalue weighted by Gasteiger charge is 2.26. The van der Waals surface area contributed by atoms with Crippen LogP contribution in [0.5, 0.6) is 5.75 Å². The maximum atomic E-state index is 13.1. The highest BCUT2D eigenvalue weighted by molar-refractivity contribution is 7.89. The van der Waals surface area contributed by atoms with Gasteiger partial charge < -0.3 is 9.30 Å². The third-order valence-electron chi connectivity index (χ3n) is 4.37. The van der Waals surface area contributed by atoms with Crippen LogP contribution in [-0.4, -0.2) is 30.9 Å². The lowest BCUT2D eigenvalue weighted by atomic mass is 10.1. The smallest absolute Gasteiger partial charge is 0.241 e. The fourth-order valence-electron chi connectivity index (χ4n) is 2.85. The van der Waals surface area contributed by atoms with Gasteiger partial charge >= 0.3 is 0 Å². The van der Waals surface area contributed by atoms with Crippen molar-refractivity contribution in [2.45, 2.75) is 17.9 Å². The number of carbonyl (C=O) groups is 1. The molecule has 0 amide bonds. The van der Waals surface area contributed by atoms with Crippen LogP contribution in [0.4, 0.5) is 0 Å². The lowest BCUT2D eigenvalue weighted by Gasteiger charge is -2.20. The molecule has 0 aliphatic heterocycles. The van der Waals surface area contributed by atoms with Crippen LogP contribution in [0.3, 0.4) is 0 Å². The summed E-state index contributed by atoms with van der Waals surface area (Å²) in [6, 6.07) is 12.3. The number of ether oxygens (including phenoxy) is 1. The van der Waals surface area contributed by atoms with E-state index in [-0.39, 0.29) is 10.7 Å². The van der Waals surface area contributed by atoms with E-state index in [0.29, 0.717) is 22.7 Å². The minimum absolute atomic E-state index is 0.0160. The number of methoxy groups -OCH3 is 1. The van der Waals surface area contributed by atoms with Gasteiger partial charge in [-0.15, -0.1) is 0 Å². The van der Waals surface area contributed by atoms with Gasteiger partial charge in [-0.25, -0.2) is 13.4 Å². The van der Waals surface area contributed by atoms with Gasteiger partial charge in [-0.2, -0.15) is 4.72 Å². The SMILES string of the molecule is COc1cccc(C(NS(=O)(=O)c2cccc(C(C)=O)c2)c2nccn2C)c1. The van der Waals surface area contributed by atoms with Crippen LogP contribution >= 0.6 is 0 Å². The first-order chi connectivity index (χ1) is 13.3. The summed E-state index contributed by atoms with van der Waals surface area (Å²) in [5, 5.41) is 0. The summed E-state index contributed by atoms with van der Waals surface area (Å²) in [7, 11) is -0.583. The number of Topliss-reactive ketones (excluding diaryl/α,β-unsaturated/α-hetero) is 1. The highest BCUT2D eigenvalue weighted by Crippen LogP contribution is 2.26. The molecule has 7 nitrogen and oxygen atoms in total. The Labute approximate surface area is 164 Å². The zero-order valence-corrected chi connectivity index (χ0v) is 16.6. The topological polar surface area (TPSA) is 90.3 Å². The minimum atomic E-state index is -3.92. The van der Waals surface area contributed by atoms with E-state index in [1.54, 1.807) is 67.5 Å². The predicted molar refractivity (Wildman–Crippen MR) is 105 cm³/mol. The maximum absolute atomic E-state index is 13.1. The molecular formula is C20H21N3O4S. The summed E-state index contributed by atoms with van der Waals surface area (Å²) >= 11 is 0. The Kier molecular flexibility index (Phi) is 5.62. The summed E-state index contributed by atoms with van der Waals surface area (Å²) in [5.41, 5.74) is 1.01. The number of aromatic nitrogens is 2. The van der Waals surface area contributed by atoms with E-state index in [4.69, 9.17) is 4.74 Å². The van der Waals surface area contributed by atoms with Gasteiger partial charge in [-0.3, -0.25) is 4.79 Å². The number of imidazole rings is 1. The van der Waals surface area contributed by atoms with E-state index >= 15 is 0 Å². The van der Waals surface area contributed by atoms with Gasteiger partial charge in [-0.1, -0.05) is 24.3 Å². The standard InChI is InChI=1S/C20H21N3O4S/c1-14(24)15-6-5-9-18(13-15)28(25,26)22-19(20-21-10-11-23(20)2)16-7-4-8-17(12-16)27-3/h4-13,19,22H,1-3H3. The van der Waals surface area contributed by atoms with Crippen molar-refractivity contribution in [2.24, 2.45) is 7.05 Å². The second-order valence-corrected chi connectivity index (χ2v) is 8.03. The van der Waals surface area contributed by atoms with E-state index in [0.717, 1.165) is 0 Å². The number of ketones is 1. The van der Waals surface area contributed by atoms with Gasteiger partial charge in [0.05, 0.1) is 12.0 Å². The fraction of sp³-hybridized carbons (Fsp3) is 0.200. The Morgan fingerprint density at radius 3 is 2.57 bits per heavy atom. The van der Waals surface area contributed by atoms with Crippen LogP contribution in [0, 0.1) is 0 Å². The number of sulfonamides is 1. The van der Waals surface area contributed by atoms with Gasteiger partial charge in [-0.05, 0) is 36.8 Å². The molecule has 2 aromatic carbocycles. The number of carbonyl (C=O) groups excluding carboxylic acids is 1. The van der Waals surface area contributed by atoms with Gasteiger partial charge in [0.1, 0.15) is 17.6 Å². The Morgan fingerprint density at radius 2 is 1.93 bits per heavy atom. The van der Waals surface area contributed by atoms with Gasteiger partial charge in [0.15, 0.2) is 5.78 Å². The second-order valence-electron chi connectivity index (χ2n) is 6.31. The lowest BCUT2D eigenvalue weighted by molar-refractivity contribution is 0.101. The number of rotatable bonds is 7. The van der Waals surface area contributed by atoms with E-state index in [9.17, 15) is 13.2 Å². The third kappa shape index (κ3) is 4.13. The Balaban J connectivity index is 2.05. The van der Waals surface area contributed by atoms with Crippen LogP contribution in [-0.2, 0) is 17.1 Å². The summed E-state index contributed by atoms with van der Waals surface area (Å²) in [5.74, 6) is 0.930. The van der Waals surface area contributed by atoms with E-state index in [2.05, 4.69) is 9.71 Å². The number of benzene rings is 2. The molecule has 0 aliphatic carbocycles. The van der Waals surface area contributed by atoms with Crippen LogP contribution in [0.2, 0.25) is 0 Å². The van der Waals surface area contributed by atoms with Crippen molar-refractivity contribution >= 4 is 15.8 Å². The number of nitrogens with one attached hydrogen (secondary N) is 1. The molecule has 28 heavy (non-hydrogen) atoms. The second kappa shape index (κ2) is 7.95. The Morgan fingerprint density at radius 1 is 1.18 bits per heavy atom. The molecule has 1 heterocycles. The highest BCUT2D eigenvalue weighted by atomic mass is 32.2. The van der Waals surface area contributed by atoms with Crippen molar-refractivity contribution in [1.29, 1.82) is 0 Å². The average Bonchev–Trinajstić information content (AvgIpc) is 3.12. The first-order valence-corrected chi connectivity index (χ1v) is 10.0. The fourth-order valence-corrected chi connectivity index (χ4v) is 4.08. The quantitative estimate of drug-likeness (QED) is 0.617. The summed E-state index contributed by atoms with van der Waals surface area (Å²) in [4.78, 5) is 16.0. The van der Waals surface area contributed by atoms with Crippen molar-refractivity contribution in [1.82, 2.24) is 14.3 Å². The molecule has 1 atom stereocenters. The number of aryl methyl sites for hydroxylation is 1. The molecule has 0 aliphatic rings. The maximum Gasteiger partial charge on any atom is 0.241 e. The largest absolute Gasteiger partial charge is 0.497 e. The first-order valence-electron chi connectivity index (χ1n) is 8.56. The number of hydrogen-bond donors (Lipinski definition) is 1. The monoisotopic (exact) mass is 399 g/mol. The van der Waals surface area contributed by atoms with Gasteiger partial charge in [0, 0.05) is 25.0 Å². The molecule has 0 saturated heterocycles. The molecule has 3 rings (SSSR count). The summed E-state index contributed by atoms with van der Waals surface area (Å²) in [6.07, 6.45) is 3.35. The van der Waals surface area contributed by atoms with Crippen LogP contribution in [0.1, 0.15) is 34.7 Å². The Hall–Kier alpha value is -2.97. The molecule has 0 radical (unpaired) electrons. The molecule has 1 unspecified atom stereocenters. The zero-order valence-electron chi connectivity index (χ0n) is 15.8. The van der Waals surface area contributed by atoms with Crippen molar-refractivity contribution in [2.75, 3.05) is 7.11 Å². The molecule has 3 aromatic rings.